The van der Waals surface area contributed by atoms with Crippen molar-refractivity contribution in [2.45, 2.75) is 32.8 Å². The van der Waals surface area contributed by atoms with Crippen molar-refractivity contribution in [2.24, 2.45) is 17.1 Å². The fourth-order valence-electron chi connectivity index (χ4n) is 4.60. The van der Waals surface area contributed by atoms with Crippen molar-refractivity contribution in [3.63, 3.8) is 0 Å². The minimum absolute atomic E-state index is 0.0268. The highest BCUT2D eigenvalue weighted by atomic mass is 16.5. The molecule has 31 heavy (non-hydrogen) atoms. The number of allylic oxidation sites excluding steroid dienone is 2. The summed E-state index contributed by atoms with van der Waals surface area (Å²) in [7, 11) is 1.56. The van der Waals surface area contributed by atoms with Crippen LogP contribution in [0.15, 0.2) is 41.1 Å². The molecule has 0 fully saturated rings. The Morgan fingerprint density at radius 1 is 1.23 bits per heavy atom. The number of nitriles is 3. The maximum Gasteiger partial charge on any atom is 0.191 e. The Labute approximate surface area is 183 Å². The van der Waals surface area contributed by atoms with E-state index < -0.39 is 11.3 Å². The molecular weight excluding hydrogens is 390 g/mol. The molecule has 2 N–H and O–H groups in total. The maximum atomic E-state index is 10.2. The van der Waals surface area contributed by atoms with Gasteiger partial charge in [0.2, 0.25) is 0 Å². The molecule has 1 aliphatic carbocycles. The van der Waals surface area contributed by atoms with E-state index in [4.69, 9.17) is 15.2 Å². The molecule has 0 bridgehead atoms. The lowest BCUT2D eigenvalue weighted by molar-refractivity contribution is 0.213. The summed E-state index contributed by atoms with van der Waals surface area (Å²) < 4.78 is 11.4. The van der Waals surface area contributed by atoms with Gasteiger partial charge in [-0.3, -0.25) is 4.90 Å². The highest BCUT2D eigenvalue weighted by Gasteiger charge is 2.54. The second-order valence-corrected chi connectivity index (χ2v) is 8.10. The van der Waals surface area contributed by atoms with Crippen molar-refractivity contribution >= 4 is 0 Å². The zero-order valence-corrected chi connectivity index (χ0v) is 18.3. The molecule has 2 aliphatic rings. The number of rotatable bonds is 5. The number of methoxy groups -OCH3 is 1. The lowest BCUT2D eigenvalue weighted by atomic mass is 9.58. The Hall–Kier alpha value is -3.47. The molecule has 0 radical (unpaired) electrons. The summed E-state index contributed by atoms with van der Waals surface area (Å²) in [6.07, 6.45) is 1.97. The molecule has 1 heterocycles. The second kappa shape index (κ2) is 8.72. The molecule has 1 aliphatic heterocycles. The second-order valence-electron chi connectivity index (χ2n) is 8.10. The Morgan fingerprint density at radius 2 is 1.94 bits per heavy atom. The Balaban J connectivity index is 2.26. The number of benzene rings is 1. The van der Waals surface area contributed by atoms with Crippen molar-refractivity contribution in [3.05, 3.63) is 46.7 Å². The minimum atomic E-state index is -1.66. The topological polar surface area (TPSA) is 119 Å². The van der Waals surface area contributed by atoms with Gasteiger partial charge in [-0.25, -0.2) is 0 Å². The van der Waals surface area contributed by atoms with Crippen LogP contribution in [0.1, 0.15) is 32.3 Å². The molecule has 0 amide bonds. The molecule has 7 heteroatoms. The number of ether oxygens (including phenoxy) is 2. The number of nitrogens with two attached hydrogens (primary N) is 1. The number of fused-ring (bicyclic) bond motifs is 1. The third kappa shape index (κ3) is 3.61. The monoisotopic (exact) mass is 417 g/mol. The van der Waals surface area contributed by atoms with Crippen LogP contribution in [-0.4, -0.2) is 37.7 Å². The smallest absolute Gasteiger partial charge is 0.191 e. The molecule has 3 rings (SSSR count). The van der Waals surface area contributed by atoms with Gasteiger partial charge in [0.25, 0.3) is 0 Å². The number of hydrogen-bond donors (Lipinski definition) is 1. The summed E-state index contributed by atoms with van der Waals surface area (Å²) in [6, 6.07) is 12.0. The van der Waals surface area contributed by atoms with E-state index >= 15 is 0 Å². The van der Waals surface area contributed by atoms with Gasteiger partial charge in [0.1, 0.15) is 6.07 Å². The summed E-state index contributed by atoms with van der Waals surface area (Å²) in [5, 5.41) is 30.2. The molecule has 0 saturated carbocycles. The Kier molecular flexibility index (Phi) is 6.25. The summed E-state index contributed by atoms with van der Waals surface area (Å²) in [5.74, 6) is 0.337. The first-order chi connectivity index (χ1) is 14.9. The van der Waals surface area contributed by atoms with Crippen molar-refractivity contribution < 1.29 is 9.47 Å². The first kappa shape index (κ1) is 22.2. The molecule has 0 aromatic heterocycles. The van der Waals surface area contributed by atoms with E-state index in [0.717, 1.165) is 17.7 Å². The quantitative estimate of drug-likeness (QED) is 0.781. The predicted molar refractivity (Wildman–Crippen MR) is 116 cm³/mol. The zero-order chi connectivity index (χ0) is 22.8. The van der Waals surface area contributed by atoms with Crippen LogP contribution < -0.4 is 15.2 Å². The van der Waals surface area contributed by atoms with Crippen LogP contribution in [0.5, 0.6) is 11.5 Å². The van der Waals surface area contributed by atoms with Crippen LogP contribution in [0.4, 0.5) is 0 Å². The normalized spacial score (nSPS) is 22.6. The Bertz CT molecular complexity index is 1040. The number of nitrogens with zero attached hydrogens (tertiary/aromatic N) is 4. The highest BCUT2D eigenvalue weighted by molar-refractivity contribution is 5.60. The van der Waals surface area contributed by atoms with Gasteiger partial charge in [0.05, 0.1) is 36.6 Å². The molecular formula is C24H27N5O2. The third-order valence-electron chi connectivity index (χ3n) is 6.10. The highest BCUT2D eigenvalue weighted by Crippen LogP contribution is 2.54. The molecule has 1 aromatic carbocycles. The number of likely N-dealkylation sites (N-methyl/N-ethyl adjacent to an activating group) is 1. The molecule has 160 valence electrons. The Morgan fingerprint density at radius 3 is 2.48 bits per heavy atom. The van der Waals surface area contributed by atoms with Gasteiger partial charge in [-0.2, -0.15) is 15.8 Å². The number of hydrogen-bond acceptors (Lipinski definition) is 7. The average molecular weight is 418 g/mol. The zero-order valence-electron chi connectivity index (χ0n) is 18.3. The van der Waals surface area contributed by atoms with Gasteiger partial charge in [-0.1, -0.05) is 19.1 Å². The fourth-order valence-corrected chi connectivity index (χ4v) is 4.60. The fraction of sp³-hybridized carbons (Fsp3) is 0.458. The van der Waals surface area contributed by atoms with E-state index in [1.807, 2.05) is 32.1 Å². The van der Waals surface area contributed by atoms with Crippen LogP contribution in [0, 0.1) is 45.3 Å². The van der Waals surface area contributed by atoms with Gasteiger partial charge in [0, 0.05) is 24.9 Å². The van der Waals surface area contributed by atoms with Gasteiger partial charge in [-0.05, 0) is 43.7 Å². The summed E-state index contributed by atoms with van der Waals surface area (Å²) in [5.41, 5.74) is 6.56. The maximum absolute atomic E-state index is 10.2. The SMILES string of the molecule is CCN1CC=C2C(C#N)=C(N)C(C#N)(C#N)[C@H](c3ccc(OC(C)C)c(OC)c3)[C@@H]2C1. The van der Waals surface area contributed by atoms with Crippen LogP contribution >= 0.6 is 0 Å². The first-order valence-electron chi connectivity index (χ1n) is 10.4. The van der Waals surface area contributed by atoms with Crippen molar-refractivity contribution in [1.29, 1.82) is 15.8 Å². The van der Waals surface area contributed by atoms with E-state index in [1.54, 1.807) is 13.2 Å². The standard InChI is InChI=1S/C24H27N5O2/c1-5-29-9-8-17-18(11-25)23(28)24(13-26,14-27)22(19(17)12-29)16-6-7-20(31-15(2)3)21(10-16)30-4/h6-8,10,15,19,22H,5,9,12,28H2,1-4H3/t19-,22-/m1/s1. The van der Waals surface area contributed by atoms with E-state index in [2.05, 4.69) is 30.0 Å². The third-order valence-corrected chi connectivity index (χ3v) is 6.10. The van der Waals surface area contributed by atoms with E-state index in [1.165, 1.54) is 0 Å². The van der Waals surface area contributed by atoms with Gasteiger partial charge >= 0.3 is 0 Å². The van der Waals surface area contributed by atoms with Crippen molar-refractivity contribution in [3.8, 4) is 29.7 Å². The van der Waals surface area contributed by atoms with E-state index in [-0.39, 0.29) is 23.3 Å². The lowest BCUT2D eigenvalue weighted by Gasteiger charge is -2.45. The van der Waals surface area contributed by atoms with Gasteiger partial charge in [0.15, 0.2) is 16.9 Å². The summed E-state index contributed by atoms with van der Waals surface area (Å²) >= 11 is 0. The van der Waals surface area contributed by atoms with E-state index in [0.29, 0.717) is 24.6 Å². The molecule has 0 spiro atoms. The van der Waals surface area contributed by atoms with E-state index in [9.17, 15) is 15.8 Å². The lowest BCUT2D eigenvalue weighted by Crippen LogP contribution is -2.48. The molecule has 2 atom stereocenters. The molecule has 1 aromatic rings. The van der Waals surface area contributed by atoms with Crippen LogP contribution in [-0.2, 0) is 0 Å². The predicted octanol–water partition coefficient (Wildman–Crippen LogP) is 3.23. The molecule has 0 unspecified atom stereocenters. The average Bonchev–Trinajstić information content (AvgIpc) is 2.78. The van der Waals surface area contributed by atoms with Crippen LogP contribution in [0.2, 0.25) is 0 Å². The summed E-state index contributed by atoms with van der Waals surface area (Å²) in [6.45, 7) is 8.07. The van der Waals surface area contributed by atoms with Crippen LogP contribution in [0.25, 0.3) is 0 Å². The largest absolute Gasteiger partial charge is 0.493 e. The van der Waals surface area contributed by atoms with Crippen molar-refractivity contribution in [2.75, 3.05) is 26.7 Å². The molecule has 0 saturated heterocycles. The minimum Gasteiger partial charge on any atom is -0.493 e. The van der Waals surface area contributed by atoms with Crippen LogP contribution in [0.3, 0.4) is 0 Å². The van der Waals surface area contributed by atoms with Gasteiger partial charge < -0.3 is 15.2 Å². The van der Waals surface area contributed by atoms with Crippen molar-refractivity contribution in [1.82, 2.24) is 4.90 Å². The summed E-state index contributed by atoms with van der Waals surface area (Å²) in [4.78, 5) is 2.23. The van der Waals surface area contributed by atoms with Gasteiger partial charge in [-0.15, -0.1) is 0 Å². The molecule has 7 nitrogen and oxygen atoms in total. The first-order valence-corrected chi connectivity index (χ1v) is 10.4.